The summed E-state index contributed by atoms with van der Waals surface area (Å²) in [6.45, 7) is 4.34. The van der Waals surface area contributed by atoms with E-state index in [0.717, 1.165) is 89.9 Å². The van der Waals surface area contributed by atoms with Gasteiger partial charge in [-0.05, 0) is 96.3 Å². The van der Waals surface area contributed by atoms with Gasteiger partial charge >= 0.3 is 19.8 Å². The van der Waals surface area contributed by atoms with Crippen molar-refractivity contribution in [2.45, 2.75) is 341 Å². The van der Waals surface area contributed by atoms with Crippen molar-refractivity contribution < 1.29 is 42.1 Å². The zero-order valence-corrected chi connectivity index (χ0v) is 59.1. The van der Waals surface area contributed by atoms with Gasteiger partial charge in [0, 0.05) is 12.8 Å². The van der Waals surface area contributed by atoms with Crippen molar-refractivity contribution in [3.8, 4) is 0 Å². The molecule has 0 saturated heterocycles. The van der Waals surface area contributed by atoms with Crippen LogP contribution in [0.5, 0.6) is 0 Å². The highest BCUT2D eigenvalue weighted by Gasteiger charge is 2.27. The van der Waals surface area contributed by atoms with Gasteiger partial charge in [-0.15, -0.1) is 0 Å². The zero-order valence-electron chi connectivity index (χ0n) is 58.2. The highest BCUT2D eigenvalue weighted by atomic mass is 31.2. The molecule has 0 bridgehead atoms. The number of allylic oxidation sites excluding steroid dienone is 16. The fraction of sp³-hybridized carbons (Fsp3) is 0.769. The highest BCUT2D eigenvalue weighted by Crippen LogP contribution is 2.43. The number of rotatable bonds is 68. The minimum Gasteiger partial charge on any atom is -0.462 e. The summed E-state index contributed by atoms with van der Waals surface area (Å²) in [5.74, 6) is -0.793. The van der Waals surface area contributed by atoms with Gasteiger partial charge in [0.2, 0.25) is 0 Å². The normalized spacial score (nSPS) is 13.7. The van der Waals surface area contributed by atoms with Crippen LogP contribution in [0, 0.1) is 0 Å². The Morgan fingerprint density at radius 3 is 0.966 bits per heavy atom. The molecule has 0 aliphatic carbocycles. The Morgan fingerprint density at radius 1 is 0.364 bits per heavy atom. The number of unbranched alkanes of at least 4 members (excludes halogenated alkanes) is 38. The number of phosphoric acid groups is 1. The van der Waals surface area contributed by atoms with Crippen molar-refractivity contribution in [3.63, 3.8) is 0 Å². The van der Waals surface area contributed by atoms with Gasteiger partial charge in [-0.1, -0.05) is 323 Å². The Labute approximate surface area is 544 Å². The van der Waals surface area contributed by atoms with E-state index in [-0.39, 0.29) is 32.0 Å². The molecule has 2 atom stereocenters. The van der Waals surface area contributed by atoms with Gasteiger partial charge in [0.15, 0.2) is 6.10 Å². The van der Waals surface area contributed by atoms with E-state index in [4.69, 9.17) is 18.5 Å². The summed E-state index contributed by atoms with van der Waals surface area (Å²) in [5.41, 5.74) is 0. The second kappa shape index (κ2) is 68.3. The second-order valence-electron chi connectivity index (χ2n) is 25.9. The van der Waals surface area contributed by atoms with Crippen molar-refractivity contribution in [1.29, 1.82) is 0 Å². The molecule has 9 nitrogen and oxygen atoms in total. The average Bonchev–Trinajstić information content (AvgIpc) is 3.68. The maximum atomic E-state index is 12.9. The first-order valence-electron chi connectivity index (χ1n) is 37.0. The van der Waals surface area contributed by atoms with Crippen molar-refractivity contribution >= 4 is 19.8 Å². The quantitative estimate of drug-likeness (QED) is 0.0211. The Hall–Kier alpha value is -3.07. The predicted molar refractivity (Wildman–Crippen MR) is 381 cm³/mol. The molecule has 0 radical (unpaired) electrons. The Kier molecular flexibility index (Phi) is 65.9. The molecule has 88 heavy (non-hydrogen) atoms. The molecule has 0 aliphatic heterocycles. The largest absolute Gasteiger partial charge is 0.472 e. The average molecular weight is 1250 g/mol. The molecule has 0 aromatic heterocycles. The van der Waals surface area contributed by atoms with E-state index in [0.29, 0.717) is 17.4 Å². The SMILES string of the molecule is CC/C=C\C/C=C\C/C=C\C/C=C\C/C=C\C/C=C\CCCCCCCCCCCCC(=O)OC(COC(=O)CCCCCCCCCCCCCCCCCCCCCCCCC/C=C\C/C=C\CCCCCCC)COP(=O)(O)OCC[N+](C)(C)C. The number of carbonyl (C=O) groups excluding carboxylic acids is 2. The van der Waals surface area contributed by atoms with E-state index in [1.807, 2.05) is 21.1 Å². The van der Waals surface area contributed by atoms with Gasteiger partial charge in [0.05, 0.1) is 27.7 Å². The van der Waals surface area contributed by atoms with Crippen LogP contribution >= 0.6 is 7.82 Å². The number of nitrogens with zero attached hydrogens (tertiary/aromatic N) is 1. The van der Waals surface area contributed by atoms with Crippen molar-refractivity contribution in [2.24, 2.45) is 0 Å². The van der Waals surface area contributed by atoms with E-state index in [1.165, 1.54) is 212 Å². The lowest BCUT2D eigenvalue weighted by atomic mass is 10.0. The standard InChI is InChI=1S/C78H140NO8P/c1-6-8-10-12-14-16-18-20-22-24-26-28-30-32-34-36-37-38-39-40-41-43-44-46-48-50-52-54-56-58-60-62-64-66-68-70-77(80)84-74-76(75-86-88(82,83)85-73-72-79(3,4)5)87-78(81)71-69-67-65-63-61-59-57-55-53-51-49-47-45-42-35-33-31-29-27-25-23-21-19-17-15-13-11-9-7-2/h9,11,15,17-18,20-21,23-24,26-27,29,33,35,45,47,76H,6-8,10,12-14,16,19,22,25,28,30-32,34,36-44,46,48-75H2,1-5H3/p+1/b11-9-,17-15-,20-18-,23-21-,26-24-,29-27-,35-33-,47-45-. The van der Waals surface area contributed by atoms with Gasteiger partial charge in [0.25, 0.3) is 0 Å². The van der Waals surface area contributed by atoms with Gasteiger partial charge in [0.1, 0.15) is 19.8 Å². The third-order valence-corrected chi connectivity index (χ3v) is 17.1. The molecule has 10 heteroatoms. The first-order chi connectivity index (χ1) is 43.0. The molecule has 510 valence electrons. The molecule has 0 spiro atoms. The molecule has 2 unspecified atom stereocenters. The van der Waals surface area contributed by atoms with E-state index < -0.39 is 26.5 Å². The van der Waals surface area contributed by atoms with Crippen LogP contribution in [0.3, 0.4) is 0 Å². The van der Waals surface area contributed by atoms with E-state index >= 15 is 0 Å². The van der Waals surface area contributed by atoms with Gasteiger partial charge in [-0.25, -0.2) is 4.57 Å². The number of hydrogen-bond acceptors (Lipinski definition) is 7. The molecular weight excluding hydrogens is 1110 g/mol. The monoisotopic (exact) mass is 1250 g/mol. The van der Waals surface area contributed by atoms with Crippen LogP contribution in [-0.2, 0) is 32.7 Å². The lowest BCUT2D eigenvalue weighted by Gasteiger charge is -2.24. The summed E-state index contributed by atoms with van der Waals surface area (Å²) in [6, 6.07) is 0. The van der Waals surface area contributed by atoms with E-state index in [9.17, 15) is 19.0 Å². The first kappa shape index (κ1) is 84.9. The molecule has 0 saturated carbocycles. The molecule has 0 aromatic rings. The summed E-state index contributed by atoms with van der Waals surface area (Å²) in [7, 11) is 1.48. The summed E-state index contributed by atoms with van der Waals surface area (Å²) in [5, 5.41) is 0. The molecule has 0 aromatic carbocycles. The van der Waals surface area contributed by atoms with Crippen LogP contribution in [0.2, 0.25) is 0 Å². The van der Waals surface area contributed by atoms with Crippen molar-refractivity contribution in [2.75, 3.05) is 47.5 Å². The smallest absolute Gasteiger partial charge is 0.462 e. The number of carbonyl (C=O) groups is 2. The number of quaternary nitrogens is 1. The van der Waals surface area contributed by atoms with Crippen LogP contribution in [0.1, 0.15) is 335 Å². The fourth-order valence-electron chi connectivity index (χ4n) is 10.5. The van der Waals surface area contributed by atoms with Crippen LogP contribution in [0.15, 0.2) is 97.2 Å². The summed E-state index contributed by atoms with van der Waals surface area (Å²) in [6.07, 6.45) is 95.3. The zero-order chi connectivity index (χ0) is 64.1. The molecule has 0 rings (SSSR count). The van der Waals surface area contributed by atoms with Crippen molar-refractivity contribution in [3.05, 3.63) is 97.2 Å². The number of likely N-dealkylation sites (N-methyl/N-ethyl adjacent to an activating group) is 1. The molecule has 0 fully saturated rings. The van der Waals surface area contributed by atoms with Crippen LogP contribution in [0.25, 0.3) is 0 Å². The predicted octanol–water partition coefficient (Wildman–Crippen LogP) is 24.3. The minimum atomic E-state index is -4.40. The molecule has 0 aliphatic rings. The van der Waals surface area contributed by atoms with Gasteiger partial charge < -0.3 is 18.9 Å². The molecular formula is C78H141NO8P+. The van der Waals surface area contributed by atoms with Gasteiger partial charge in [-0.3, -0.25) is 18.6 Å². The molecule has 0 amide bonds. The Balaban J connectivity index is 4.00. The van der Waals surface area contributed by atoms with Crippen LogP contribution in [-0.4, -0.2) is 74.9 Å². The fourth-order valence-corrected chi connectivity index (χ4v) is 11.2. The Bertz CT molecular complexity index is 1810. The first-order valence-corrected chi connectivity index (χ1v) is 38.5. The number of hydrogen-bond donors (Lipinski definition) is 1. The van der Waals surface area contributed by atoms with Crippen LogP contribution in [0.4, 0.5) is 0 Å². The highest BCUT2D eigenvalue weighted by molar-refractivity contribution is 7.47. The lowest BCUT2D eigenvalue weighted by molar-refractivity contribution is -0.870. The summed E-state index contributed by atoms with van der Waals surface area (Å²) >= 11 is 0. The van der Waals surface area contributed by atoms with Crippen LogP contribution < -0.4 is 0 Å². The number of phosphoric ester groups is 1. The van der Waals surface area contributed by atoms with Gasteiger partial charge in [-0.2, -0.15) is 0 Å². The summed E-state index contributed by atoms with van der Waals surface area (Å²) in [4.78, 5) is 35.9. The topological polar surface area (TPSA) is 108 Å². The minimum absolute atomic E-state index is 0.0285. The van der Waals surface area contributed by atoms with Crippen molar-refractivity contribution in [1.82, 2.24) is 0 Å². The lowest BCUT2D eigenvalue weighted by Crippen LogP contribution is -2.37. The molecule has 0 heterocycles. The maximum absolute atomic E-state index is 12.9. The van der Waals surface area contributed by atoms with E-state index in [1.54, 1.807) is 0 Å². The third kappa shape index (κ3) is 72.0. The third-order valence-electron chi connectivity index (χ3n) is 16.1. The summed E-state index contributed by atoms with van der Waals surface area (Å²) < 4.78 is 34.8. The molecule has 1 N–H and O–H groups in total. The Morgan fingerprint density at radius 2 is 0.648 bits per heavy atom. The second-order valence-corrected chi connectivity index (χ2v) is 27.4. The number of ether oxygens (including phenoxy) is 2. The maximum Gasteiger partial charge on any atom is 0.472 e. The number of esters is 2. The van der Waals surface area contributed by atoms with E-state index in [2.05, 4.69) is 111 Å².